The third kappa shape index (κ3) is 13.0. The fourth-order valence-corrected chi connectivity index (χ4v) is 8.25. The van der Waals surface area contributed by atoms with E-state index in [9.17, 15) is 25.5 Å². The summed E-state index contributed by atoms with van der Waals surface area (Å²) in [5, 5.41) is 39.4. The predicted octanol–water partition coefficient (Wildman–Crippen LogP) is 11.0. The van der Waals surface area contributed by atoms with Gasteiger partial charge in [-0.1, -0.05) is 80.4 Å². The van der Waals surface area contributed by atoms with Crippen LogP contribution in [-0.4, -0.2) is 50.2 Å². The monoisotopic (exact) mass is 941 g/mol. The second-order valence-electron chi connectivity index (χ2n) is 16.5. The number of carboxylic acids is 1. The Labute approximate surface area is 401 Å². The summed E-state index contributed by atoms with van der Waals surface area (Å²) in [6, 6.07) is 26.0. The number of nitriles is 2. The first-order chi connectivity index (χ1) is 32.3. The van der Waals surface area contributed by atoms with Crippen molar-refractivity contribution in [1.82, 2.24) is 14.9 Å². The quantitative estimate of drug-likeness (QED) is 0.0661. The minimum Gasteiger partial charge on any atom is -0.488 e. The van der Waals surface area contributed by atoms with E-state index in [0.717, 1.165) is 44.5 Å². The van der Waals surface area contributed by atoms with Crippen LogP contribution in [0.5, 0.6) is 23.0 Å². The SMILES string of the molecule is CCc1cc(Cl)c(OCc2cccc(-c3cccc(COc4cc(OCc5cncc(C#N)c5)c(CN(CC(C)C)C(CCO)C(=O)O)cc4Cl)c3C)c2C)cc1OCc1cncc(C#N)c1. The van der Waals surface area contributed by atoms with Crippen LogP contribution in [0.3, 0.4) is 0 Å². The fraction of sp³-hybridized carbons (Fsp3) is 0.302. The molecule has 67 heavy (non-hydrogen) atoms. The molecule has 6 rings (SSSR count). The molecule has 2 N–H and O–H groups in total. The molecular weight excluding hydrogens is 890 g/mol. The number of benzene rings is 4. The molecule has 4 aromatic carbocycles. The maximum Gasteiger partial charge on any atom is 0.321 e. The molecule has 2 aromatic heterocycles. The standard InChI is InChI=1S/C53H53Cl2N5O7/c1-6-40-17-46(54)51(19-49(40)64-29-38-15-36(21-56)23-58-25-38)66-31-41-9-7-11-44(34(41)4)45-12-8-10-42(35(45)5)32-67-52-20-50(65-30-39-16-37(22-57)24-59-26-39)43(18-47(52)55)28-60(27-33(2)3)48(13-14-61)53(62)63/h7-12,15-20,23-26,33,48,61H,6,13-14,27-32H2,1-5H3,(H,62,63). The van der Waals surface area contributed by atoms with Crippen LogP contribution in [0.25, 0.3) is 11.1 Å². The number of halogens is 2. The fourth-order valence-electron chi connectivity index (χ4n) is 7.77. The van der Waals surface area contributed by atoms with Crippen molar-refractivity contribution >= 4 is 29.2 Å². The van der Waals surface area contributed by atoms with Crippen molar-refractivity contribution in [3.05, 3.63) is 163 Å². The second kappa shape index (κ2) is 23.7. The van der Waals surface area contributed by atoms with Gasteiger partial charge in [0.1, 0.15) is 67.6 Å². The zero-order chi connectivity index (χ0) is 48.0. The number of aryl methyl sites for hydroxylation is 1. The number of hydrogen-bond donors (Lipinski definition) is 2. The lowest BCUT2D eigenvalue weighted by Crippen LogP contribution is -2.43. The van der Waals surface area contributed by atoms with Gasteiger partial charge in [-0.15, -0.1) is 0 Å². The summed E-state index contributed by atoms with van der Waals surface area (Å²) in [5.41, 5.74) is 9.89. The minimum absolute atomic E-state index is 0.0521. The van der Waals surface area contributed by atoms with Gasteiger partial charge in [-0.25, -0.2) is 0 Å². The summed E-state index contributed by atoms with van der Waals surface area (Å²) in [6.45, 7) is 11.2. The van der Waals surface area contributed by atoms with Crippen LogP contribution in [0, 0.1) is 42.4 Å². The largest absolute Gasteiger partial charge is 0.488 e. The first-order valence-corrected chi connectivity index (χ1v) is 22.7. The number of carboxylic acid groups (broad SMARTS) is 1. The zero-order valence-corrected chi connectivity index (χ0v) is 39.7. The molecule has 12 nitrogen and oxygen atoms in total. The molecule has 1 atom stereocenters. The molecule has 0 fully saturated rings. The molecule has 0 aliphatic rings. The molecule has 0 amide bonds. The van der Waals surface area contributed by atoms with Crippen molar-refractivity contribution < 1.29 is 34.0 Å². The Hall–Kier alpha value is -6.67. The molecule has 0 saturated heterocycles. The van der Waals surface area contributed by atoms with E-state index in [4.69, 9.17) is 42.1 Å². The Kier molecular flexibility index (Phi) is 17.6. The number of rotatable bonds is 22. The van der Waals surface area contributed by atoms with Crippen LogP contribution >= 0.6 is 23.2 Å². The smallest absolute Gasteiger partial charge is 0.321 e. The third-order valence-electron chi connectivity index (χ3n) is 11.3. The van der Waals surface area contributed by atoms with E-state index in [1.165, 1.54) is 12.4 Å². The van der Waals surface area contributed by atoms with Crippen LogP contribution in [0.4, 0.5) is 0 Å². The van der Waals surface area contributed by atoms with Gasteiger partial charge in [0.25, 0.3) is 0 Å². The van der Waals surface area contributed by atoms with Gasteiger partial charge in [0, 0.05) is 73.3 Å². The Morgan fingerprint density at radius 2 is 1.16 bits per heavy atom. The van der Waals surface area contributed by atoms with Gasteiger partial charge in [-0.2, -0.15) is 10.5 Å². The van der Waals surface area contributed by atoms with E-state index in [2.05, 4.69) is 48.1 Å². The normalized spacial score (nSPS) is 11.5. The Bertz CT molecular complexity index is 2790. The molecule has 346 valence electrons. The third-order valence-corrected chi connectivity index (χ3v) is 11.9. The molecular formula is C53H53Cl2N5O7. The maximum absolute atomic E-state index is 12.4. The van der Waals surface area contributed by atoms with Crippen LogP contribution in [0.2, 0.25) is 10.0 Å². The lowest BCUT2D eigenvalue weighted by Gasteiger charge is -2.31. The van der Waals surface area contributed by atoms with Gasteiger partial charge in [-0.05, 0) is 95.8 Å². The van der Waals surface area contributed by atoms with Gasteiger partial charge in [0.2, 0.25) is 0 Å². The van der Waals surface area contributed by atoms with Crippen molar-refractivity contribution in [2.24, 2.45) is 5.92 Å². The second-order valence-corrected chi connectivity index (χ2v) is 17.4. The van der Waals surface area contributed by atoms with Crippen molar-refractivity contribution in [1.29, 1.82) is 10.5 Å². The number of aromatic nitrogens is 2. The number of pyridine rings is 2. The summed E-state index contributed by atoms with van der Waals surface area (Å²) in [6.07, 6.45) is 7.03. The highest BCUT2D eigenvalue weighted by atomic mass is 35.5. The van der Waals surface area contributed by atoms with E-state index >= 15 is 0 Å². The Morgan fingerprint density at radius 1 is 0.687 bits per heavy atom. The van der Waals surface area contributed by atoms with E-state index in [1.54, 1.807) is 36.7 Å². The van der Waals surface area contributed by atoms with Crippen molar-refractivity contribution in [3.63, 3.8) is 0 Å². The lowest BCUT2D eigenvalue weighted by atomic mass is 9.92. The van der Waals surface area contributed by atoms with Crippen LogP contribution in [0.15, 0.2) is 97.6 Å². The first-order valence-electron chi connectivity index (χ1n) is 21.9. The molecule has 2 heterocycles. The zero-order valence-electron chi connectivity index (χ0n) is 38.2. The molecule has 0 bridgehead atoms. The molecule has 0 radical (unpaired) electrons. The molecule has 0 spiro atoms. The van der Waals surface area contributed by atoms with E-state index in [1.807, 2.05) is 62.1 Å². The molecule has 0 aliphatic heterocycles. The van der Waals surface area contributed by atoms with Crippen molar-refractivity contribution in [2.75, 3.05) is 13.2 Å². The predicted molar refractivity (Wildman–Crippen MR) is 257 cm³/mol. The van der Waals surface area contributed by atoms with Gasteiger partial charge < -0.3 is 29.2 Å². The van der Waals surface area contributed by atoms with Crippen LogP contribution < -0.4 is 18.9 Å². The summed E-state index contributed by atoms with van der Waals surface area (Å²) in [4.78, 5) is 22.5. The molecule has 0 saturated carbocycles. The van der Waals surface area contributed by atoms with Crippen molar-refractivity contribution in [2.45, 2.75) is 86.5 Å². The number of aliphatic carboxylic acids is 1. The average molecular weight is 943 g/mol. The number of hydrogen-bond acceptors (Lipinski definition) is 11. The summed E-state index contributed by atoms with van der Waals surface area (Å²) in [5.74, 6) is 1.02. The summed E-state index contributed by atoms with van der Waals surface area (Å²) < 4.78 is 25.3. The van der Waals surface area contributed by atoms with Crippen LogP contribution in [0.1, 0.15) is 82.8 Å². The number of ether oxygens (including phenoxy) is 4. The molecule has 14 heteroatoms. The minimum atomic E-state index is -1.03. The van der Waals surface area contributed by atoms with E-state index < -0.39 is 12.0 Å². The van der Waals surface area contributed by atoms with E-state index in [-0.39, 0.29) is 51.9 Å². The van der Waals surface area contributed by atoms with Crippen molar-refractivity contribution in [3.8, 4) is 46.3 Å². The number of carbonyl (C=O) groups is 1. The Morgan fingerprint density at radius 3 is 1.61 bits per heavy atom. The average Bonchev–Trinajstić information content (AvgIpc) is 3.32. The topological polar surface area (TPSA) is 171 Å². The lowest BCUT2D eigenvalue weighted by molar-refractivity contribution is -0.144. The highest BCUT2D eigenvalue weighted by Gasteiger charge is 2.28. The molecule has 6 aromatic rings. The molecule has 0 aliphatic carbocycles. The first kappa shape index (κ1) is 49.8. The van der Waals surface area contributed by atoms with E-state index in [0.29, 0.717) is 68.3 Å². The summed E-state index contributed by atoms with van der Waals surface area (Å²) >= 11 is 13.7. The summed E-state index contributed by atoms with van der Waals surface area (Å²) in [7, 11) is 0. The van der Waals surface area contributed by atoms with Gasteiger partial charge in [-0.3, -0.25) is 19.7 Å². The highest BCUT2D eigenvalue weighted by Crippen LogP contribution is 2.38. The van der Waals surface area contributed by atoms with Gasteiger partial charge >= 0.3 is 5.97 Å². The molecule has 1 unspecified atom stereocenters. The number of aliphatic hydroxyl groups excluding tert-OH is 1. The van der Waals surface area contributed by atoms with Gasteiger partial charge in [0.05, 0.1) is 21.2 Å². The van der Waals surface area contributed by atoms with Gasteiger partial charge in [0.15, 0.2) is 0 Å². The maximum atomic E-state index is 12.4. The Balaban J connectivity index is 1.22. The number of aliphatic hydroxyl groups is 1. The number of nitrogens with zero attached hydrogens (tertiary/aromatic N) is 5. The highest BCUT2D eigenvalue weighted by molar-refractivity contribution is 6.32. The van der Waals surface area contributed by atoms with Crippen LogP contribution in [-0.2, 0) is 44.2 Å².